The van der Waals surface area contributed by atoms with Crippen molar-refractivity contribution in [3.8, 4) is 11.6 Å². The average Bonchev–Trinajstić information content (AvgIpc) is 3.24. The van der Waals surface area contributed by atoms with E-state index >= 15 is 0 Å². The smallest absolute Gasteiger partial charge is 0.417 e. The van der Waals surface area contributed by atoms with E-state index in [-0.39, 0.29) is 48.0 Å². The van der Waals surface area contributed by atoms with Crippen LogP contribution in [0.1, 0.15) is 19.3 Å². The van der Waals surface area contributed by atoms with Crippen molar-refractivity contribution < 1.29 is 23.8 Å². The number of carbonyl (C=O) groups excluding carboxylic acids is 2. The van der Waals surface area contributed by atoms with Crippen LogP contribution in [-0.2, 0) is 16.1 Å². The van der Waals surface area contributed by atoms with Crippen LogP contribution in [0.3, 0.4) is 0 Å². The van der Waals surface area contributed by atoms with Crippen molar-refractivity contribution in [1.82, 2.24) is 24.8 Å². The summed E-state index contributed by atoms with van der Waals surface area (Å²) in [4.78, 5) is 51.4. The van der Waals surface area contributed by atoms with Gasteiger partial charge in [0.2, 0.25) is 11.8 Å². The van der Waals surface area contributed by atoms with Gasteiger partial charge in [0.05, 0.1) is 19.3 Å². The minimum absolute atomic E-state index is 0.0968. The van der Waals surface area contributed by atoms with Gasteiger partial charge in [0.1, 0.15) is 11.8 Å². The Bertz CT molecular complexity index is 1440. The second kappa shape index (κ2) is 9.32. The van der Waals surface area contributed by atoms with Gasteiger partial charge in [-0.05, 0) is 25.0 Å². The monoisotopic (exact) mass is 507 g/mol. The number of hydrogen-bond acceptors (Lipinski definition) is 10. The van der Waals surface area contributed by atoms with Crippen molar-refractivity contribution in [2.75, 3.05) is 30.5 Å². The number of amides is 2. The van der Waals surface area contributed by atoms with Crippen molar-refractivity contribution >= 4 is 34.8 Å². The Hall–Kier alpha value is -4.26. The molecular weight excluding hydrogens is 482 g/mol. The molecule has 2 N–H and O–H groups in total. The predicted molar refractivity (Wildman–Crippen MR) is 131 cm³/mol. The van der Waals surface area contributed by atoms with E-state index in [0.29, 0.717) is 43.2 Å². The van der Waals surface area contributed by atoms with Crippen LogP contribution in [0.2, 0.25) is 0 Å². The van der Waals surface area contributed by atoms with E-state index < -0.39 is 6.09 Å². The molecule has 1 aliphatic carbocycles. The van der Waals surface area contributed by atoms with Crippen LogP contribution < -0.4 is 30.6 Å². The van der Waals surface area contributed by atoms with E-state index in [9.17, 15) is 14.4 Å². The molecule has 3 atom stereocenters. The van der Waals surface area contributed by atoms with E-state index in [4.69, 9.17) is 14.2 Å². The average molecular weight is 508 g/mol. The molecule has 3 aliphatic rings. The summed E-state index contributed by atoms with van der Waals surface area (Å²) in [6.45, 7) is 0.884. The van der Waals surface area contributed by atoms with Crippen molar-refractivity contribution in [2.45, 2.75) is 44.0 Å². The Labute approximate surface area is 210 Å². The van der Waals surface area contributed by atoms with Crippen LogP contribution in [0.15, 0.2) is 35.3 Å². The van der Waals surface area contributed by atoms with Gasteiger partial charge in [-0.3, -0.25) is 14.2 Å². The van der Waals surface area contributed by atoms with Crippen LogP contribution in [0.4, 0.5) is 16.6 Å². The maximum Gasteiger partial charge on any atom is 0.417 e. The van der Waals surface area contributed by atoms with E-state index in [2.05, 4.69) is 25.6 Å². The number of fused-ring (bicyclic) bond motifs is 3. The number of methoxy groups -OCH3 is 1. The summed E-state index contributed by atoms with van der Waals surface area (Å²) in [7, 11) is 1.54. The van der Waals surface area contributed by atoms with Crippen LogP contribution in [0, 0.1) is 0 Å². The highest BCUT2D eigenvalue weighted by Crippen LogP contribution is 2.36. The van der Waals surface area contributed by atoms with Crippen LogP contribution >= 0.6 is 0 Å². The zero-order valence-corrected chi connectivity index (χ0v) is 20.0. The number of nitrogens with zero attached hydrogens (tertiary/aromatic N) is 5. The van der Waals surface area contributed by atoms with Gasteiger partial charge in [-0.2, -0.15) is 9.97 Å². The third-order valence-electron chi connectivity index (χ3n) is 6.90. The van der Waals surface area contributed by atoms with E-state index in [1.54, 1.807) is 23.8 Å². The molecule has 0 radical (unpaired) electrons. The van der Waals surface area contributed by atoms with Gasteiger partial charge < -0.3 is 24.8 Å². The molecule has 0 aromatic carbocycles. The molecule has 5 heterocycles. The number of ether oxygens (including phenoxy) is 3. The zero-order valence-electron chi connectivity index (χ0n) is 20.0. The van der Waals surface area contributed by atoms with Gasteiger partial charge in [-0.15, -0.1) is 0 Å². The maximum absolute atomic E-state index is 12.7. The number of hydrogen-bond donors (Lipinski definition) is 2. The SMILES string of the molecule is COc1ccc2ccc(=O)n(CCN[C@H]3CC[C@H]4[C@H](C3)OC(=O)N4c3ncc4c(n3)NC(=O)CO4)c2n1. The molecule has 13 nitrogen and oxygen atoms in total. The fourth-order valence-electron chi connectivity index (χ4n) is 5.11. The zero-order chi connectivity index (χ0) is 25.5. The fraction of sp³-hybridized carbons (Fsp3) is 0.417. The van der Waals surface area contributed by atoms with Crippen LogP contribution in [-0.4, -0.2) is 70.0 Å². The number of anilines is 2. The topological polar surface area (TPSA) is 150 Å². The lowest BCUT2D eigenvalue weighted by Gasteiger charge is -2.32. The lowest BCUT2D eigenvalue weighted by molar-refractivity contribution is -0.118. The normalized spacial score (nSPS) is 22.6. The fourth-order valence-corrected chi connectivity index (χ4v) is 5.11. The second-order valence-corrected chi connectivity index (χ2v) is 9.13. The summed E-state index contributed by atoms with van der Waals surface area (Å²) in [5.74, 6) is 0.907. The van der Waals surface area contributed by atoms with E-state index in [1.807, 2.05) is 6.07 Å². The molecule has 37 heavy (non-hydrogen) atoms. The Morgan fingerprint density at radius 1 is 1.16 bits per heavy atom. The standard InChI is InChI=1S/C24H25N7O6/c1-35-19-6-2-13-3-7-20(33)30(22(13)28-19)9-8-25-14-4-5-15-16(10-14)37-24(34)31(15)23-26-11-17-21(29-23)27-18(32)12-36-17/h2-3,6-7,11,14-16,25H,4-5,8-10,12H2,1H3,(H,26,27,29,32)/t14-,15-,16-/m0/s1. The number of nitrogens with one attached hydrogen (secondary N) is 2. The van der Waals surface area contributed by atoms with E-state index in [1.165, 1.54) is 17.2 Å². The van der Waals surface area contributed by atoms with Gasteiger partial charge in [-0.1, -0.05) is 0 Å². The molecule has 2 fully saturated rings. The molecule has 0 spiro atoms. The first kappa shape index (κ1) is 23.2. The van der Waals surface area contributed by atoms with Crippen molar-refractivity contribution in [1.29, 1.82) is 0 Å². The van der Waals surface area contributed by atoms with Gasteiger partial charge in [0.25, 0.3) is 11.5 Å². The molecule has 13 heteroatoms. The summed E-state index contributed by atoms with van der Waals surface area (Å²) in [5.41, 5.74) is 0.440. The first-order chi connectivity index (χ1) is 18.0. The Morgan fingerprint density at radius 3 is 2.89 bits per heavy atom. The number of pyridine rings is 2. The second-order valence-electron chi connectivity index (χ2n) is 9.13. The van der Waals surface area contributed by atoms with Gasteiger partial charge in [-0.25, -0.2) is 14.7 Å². The number of rotatable bonds is 6. The highest BCUT2D eigenvalue weighted by molar-refractivity contribution is 5.95. The molecule has 3 aromatic heterocycles. The van der Waals surface area contributed by atoms with Gasteiger partial charge in [0, 0.05) is 43.1 Å². The Balaban J connectivity index is 1.11. The van der Waals surface area contributed by atoms with Crippen LogP contribution in [0.25, 0.3) is 11.0 Å². The number of aromatic nitrogens is 4. The van der Waals surface area contributed by atoms with Crippen molar-refractivity contribution in [3.05, 3.63) is 40.8 Å². The molecule has 1 saturated heterocycles. The van der Waals surface area contributed by atoms with Gasteiger partial charge in [0.15, 0.2) is 18.2 Å². The Kier molecular flexibility index (Phi) is 5.83. The lowest BCUT2D eigenvalue weighted by atomic mass is 9.88. The first-order valence-corrected chi connectivity index (χ1v) is 12.1. The summed E-state index contributed by atoms with van der Waals surface area (Å²) >= 11 is 0. The molecular formula is C24H25N7O6. The summed E-state index contributed by atoms with van der Waals surface area (Å²) in [5, 5.41) is 6.99. The highest BCUT2D eigenvalue weighted by atomic mass is 16.6. The number of carbonyl (C=O) groups is 2. The molecule has 6 rings (SSSR count). The first-order valence-electron chi connectivity index (χ1n) is 12.1. The quantitative estimate of drug-likeness (QED) is 0.496. The molecule has 0 unspecified atom stereocenters. The molecule has 192 valence electrons. The Morgan fingerprint density at radius 2 is 2.03 bits per heavy atom. The summed E-state index contributed by atoms with van der Waals surface area (Å²) in [6.07, 6.45) is 2.72. The van der Waals surface area contributed by atoms with E-state index in [0.717, 1.165) is 11.8 Å². The van der Waals surface area contributed by atoms with Crippen molar-refractivity contribution in [2.24, 2.45) is 0 Å². The van der Waals surface area contributed by atoms with Crippen molar-refractivity contribution in [3.63, 3.8) is 0 Å². The third kappa shape index (κ3) is 4.31. The minimum Gasteiger partial charge on any atom is -0.481 e. The summed E-state index contributed by atoms with van der Waals surface area (Å²) < 4.78 is 17.8. The molecule has 3 aromatic rings. The third-order valence-corrected chi connectivity index (χ3v) is 6.90. The summed E-state index contributed by atoms with van der Waals surface area (Å²) in [6, 6.07) is 6.83. The minimum atomic E-state index is -0.513. The maximum atomic E-state index is 12.7. The largest absolute Gasteiger partial charge is 0.481 e. The molecule has 0 bridgehead atoms. The van der Waals surface area contributed by atoms with Crippen LogP contribution in [0.5, 0.6) is 11.6 Å². The highest BCUT2D eigenvalue weighted by Gasteiger charge is 2.47. The molecule has 2 aliphatic heterocycles. The predicted octanol–water partition coefficient (Wildman–Crippen LogP) is 1.06. The van der Waals surface area contributed by atoms with Gasteiger partial charge >= 0.3 is 6.09 Å². The molecule has 1 saturated carbocycles. The lowest BCUT2D eigenvalue weighted by Crippen LogP contribution is -2.47. The molecule has 2 amide bonds.